The van der Waals surface area contributed by atoms with Crippen LogP contribution >= 0.6 is 0 Å². The molecule has 0 atom stereocenters. The van der Waals surface area contributed by atoms with Crippen LogP contribution in [0.25, 0.3) is 0 Å². The minimum Gasteiger partial charge on any atom is -0.444 e. The van der Waals surface area contributed by atoms with E-state index in [-0.39, 0.29) is 6.09 Å². The maximum absolute atomic E-state index is 12.0. The third kappa shape index (κ3) is 8.30. The smallest absolute Gasteiger partial charge is 0.410 e. The summed E-state index contributed by atoms with van der Waals surface area (Å²) < 4.78 is 5.41. The summed E-state index contributed by atoms with van der Waals surface area (Å²) in [5.41, 5.74) is 3.04. The predicted octanol–water partition coefficient (Wildman–Crippen LogP) is 4.20. The highest BCUT2D eigenvalue weighted by atomic mass is 16.6. The van der Waals surface area contributed by atoms with E-state index in [9.17, 15) is 9.59 Å². The van der Waals surface area contributed by atoms with E-state index in [4.69, 9.17) is 17.6 Å². The summed E-state index contributed by atoms with van der Waals surface area (Å²) in [6.07, 6.45) is 11.1. The SMILES string of the molecule is C#Cc1cccc(C=O)c1.C#Cc1cccc(CN2CCN(C(=O)OC(C)(C)C)CC2)c1. The largest absolute Gasteiger partial charge is 0.444 e. The zero-order chi connectivity index (χ0) is 23.6. The average Bonchev–Trinajstić information content (AvgIpc) is 2.79. The van der Waals surface area contributed by atoms with Crippen LogP contribution in [0.4, 0.5) is 4.79 Å². The monoisotopic (exact) mass is 430 g/mol. The first-order chi connectivity index (χ1) is 15.2. The molecular formula is C27H30N2O3. The molecule has 1 fully saturated rings. The average molecular weight is 431 g/mol. The van der Waals surface area contributed by atoms with Crippen molar-refractivity contribution in [3.8, 4) is 24.7 Å². The van der Waals surface area contributed by atoms with Gasteiger partial charge in [0.25, 0.3) is 0 Å². The molecule has 2 aromatic rings. The number of benzene rings is 2. The van der Waals surface area contributed by atoms with Crippen molar-refractivity contribution in [2.45, 2.75) is 32.9 Å². The molecule has 0 aromatic heterocycles. The summed E-state index contributed by atoms with van der Waals surface area (Å²) >= 11 is 0. The van der Waals surface area contributed by atoms with Gasteiger partial charge in [0, 0.05) is 49.4 Å². The van der Waals surface area contributed by atoms with Crippen LogP contribution in [-0.2, 0) is 11.3 Å². The summed E-state index contributed by atoms with van der Waals surface area (Å²) in [4.78, 5) is 26.3. The van der Waals surface area contributed by atoms with Gasteiger partial charge in [0.15, 0.2) is 0 Å². The number of nitrogens with zero attached hydrogens (tertiary/aromatic N) is 2. The molecule has 1 heterocycles. The Morgan fingerprint density at radius 1 is 1.00 bits per heavy atom. The summed E-state index contributed by atoms with van der Waals surface area (Å²) in [7, 11) is 0. The Labute approximate surface area is 191 Å². The zero-order valence-electron chi connectivity index (χ0n) is 19.0. The van der Waals surface area contributed by atoms with Gasteiger partial charge in [-0.05, 0) is 50.6 Å². The van der Waals surface area contributed by atoms with Crippen molar-refractivity contribution in [2.75, 3.05) is 26.2 Å². The van der Waals surface area contributed by atoms with E-state index in [1.165, 1.54) is 5.56 Å². The Morgan fingerprint density at radius 2 is 1.59 bits per heavy atom. The predicted molar refractivity (Wildman–Crippen MR) is 127 cm³/mol. The Kier molecular flexibility index (Phi) is 9.08. The van der Waals surface area contributed by atoms with Crippen molar-refractivity contribution in [3.05, 3.63) is 70.8 Å². The van der Waals surface area contributed by atoms with Crippen LogP contribution in [0.15, 0.2) is 48.5 Å². The van der Waals surface area contributed by atoms with Gasteiger partial charge >= 0.3 is 6.09 Å². The van der Waals surface area contributed by atoms with Crippen molar-refractivity contribution in [3.63, 3.8) is 0 Å². The van der Waals surface area contributed by atoms with Crippen molar-refractivity contribution in [1.82, 2.24) is 9.80 Å². The van der Waals surface area contributed by atoms with Gasteiger partial charge in [-0.3, -0.25) is 9.69 Å². The molecule has 0 N–H and O–H groups in total. The number of ether oxygens (including phenoxy) is 1. The van der Waals surface area contributed by atoms with E-state index in [1.54, 1.807) is 29.2 Å². The molecule has 1 aliphatic rings. The van der Waals surface area contributed by atoms with E-state index in [1.807, 2.05) is 39.0 Å². The van der Waals surface area contributed by atoms with Gasteiger partial charge in [0.1, 0.15) is 11.9 Å². The standard InChI is InChI=1S/C18H24N2O2.C9H6O/c1-5-15-7-6-8-16(13-15)14-19-9-11-20(12-10-19)17(21)22-18(2,3)4;1-2-8-4-3-5-9(6-8)7-10/h1,6-8,13H,9-12,14H2,2-4H3;1,3-7H. The van der Waals surface area contributed by atoms with Gasteiger partial charge in [-0.15, -0.1) is 12.8 Å². The van der Waals surface area contributed by atoms with Gasteiger partial charge in [0.05, 0.1) is 0 Å². The second-order valence-electron chi connectivity index (χ2n) is 8.48. The summed E-state index contributed by atoms with van der Waals surface area (Å²) in [5, 5.41) is 0. The van der Waals surface area contributed by atoms with Crippen molar-refractivity contribution < 1.29 is 14.3 Å². The lowest BCUT2D eigenvalue weighted by molar-refractivity contribution is 0.0139. The van der Waals surface area contributed by atoms with Crippen LogP contribution in [0.3, 0.4) is 0 Å². The number of aldehydes is 1. The number of terminal acetylenes is 2. The van der Waals surface area contributed by atoms with Crippen LogP contribution < -0.4 is 0 Å². The maximum Gasteiger partial charge on any atom is 0.410 e. The first-order valence-corrected chi connectivity index (χ1v) is 10.5. The molecule has 1 aliphatic heterocycles. The number of hydrogen-bond acceptors (Lipinski definition) is 4. The second kappa shape index (κ2) is 11.7. The minimum atomic E-state index is -0.441. The van der Waals surface area contributed by atoms with E-state index in [0.29, 0.717) is 18.7 Å². The first-order valence-electron chi connectivity index (χ1n) is 10.5. The van der Waals surface area contributed by atoms with Crippen LogP contribution in [0.2, 0.25) is 0 Å². The number of carbonyl (C=O) groups excluding carboxylic acids is 2. The number of carbonyl (C=O) groups is 2. The zero-order valence-corrected chi connectivity index (χ0v) is 19.0. The molecule has 32 heavy (non-hydrogen) atoms. The van der Waals surface area contributed by atoms with E-state index >= 15 is 0 Å². The van der Waals surface area contributed by atoms with Gasteiger partial charge < -0.3 is 9.64 Å². The van der Waals surface area contributed by atoms with Gasteiger partial charge in [-0.25, -0.2) is 4.79 Å². The Bertz CT molecular complexity index is 1000. The highest BCUT2D eigenvalue weighted by Crippen LogP contribution is 2.14. The molecule has 3 rings (SSSR count). The maximum atomic E-state index is 12.0. The number of piperazine rings is 1. The molecule has 0 saturated carbocycles. The fourth-order valence-electron chi connectivity index (χ4n) is 3.13. The van der Waals surface area contributed by atoms with Crippen LogP contribution in [-0.4, -0.2) is 54.0 Å². The molecule has 1 amide bonds. The van der Waals surface area contributed by atoms with E-state index < -0.39 is 5.60 Å². The quantitative estimate of drug-likeness (QED) is 0.541. The number of amides is 1. The molecule has 0 radical (unpaired) electrons. The molecule has 0 unspecified atom stereocenters. The molecule has 5 nitrogen and oxygen atoms in total. The minimum absolute atomic E-state index is 0.221. The Morgan fingerprint density at radius 3 is 2.16 bits per heavy atom. The molecule has 1 saturated heterocycles. The van der Waals surface area contributed by atoms with E-state index in [0.717, 1.165) is 37.0 Å². The molecular weight excluding hydrogens is 400 g/mol. The lowest BCUT2D eigenvalue weighted by Crippen LogP contribution is -2.49. The van der Waals surface area contributed by atoms with Crippen molar-refractivity contribution >= 4 is 12.4 Å². The highest BCUT2D eigenvalue weighted by Gasteiger charge is 2.25. The van der Waals surface area contributed by atoms with Gasteiger partial charge in [-0.1, -0.05) is 36.1 Å². The first kappa shape index (κ1) is 24.7. The van der Waals surface area contributed by atoms with E-state index in [2.05, 4.69) is 22.8 Å². The molecule has 0 bridgehead atoms. The molecule has 0 aliphatic carbocycles. The fourth-order valence-corrected chi connectivity index (χ4v) is 3.13. The normalized spacial score (nSPS) is 13.7. The second-order valence-corrected chi connectivity index (χ2v) is 8.48. The molecule has 166 valence electrons. The summed E-state index contributed by atoms with van der Waals surface area (Å²) in [6, 6.07) is 15.0. The topological polar surface area (TPSA) is 49.9 Å². The Balaban J connectivity index is 0.000000303. The third-order valence-corrected chi connectivity index (χ3v) is 4.71. The van der Waals surface area contributed by atoms with Crippen molar-refractivity contribution in [1.29, 1.82) is 0 Å². The van der Waals surface area contributed by atoms with Gasteiger partial charge in [0.2, 0.25) is 0 Å². The molecule has 5 heteroatoms. The lowest BCUT2D eigenvalue weighted by Gasteiger charge is -2.35. The molecule has 2 aromatic carbocycles. The Hall–Kier alpha value is -3.54. The van der Waals surface area contributed by atoms with Crippen LogP contribution in [0, 0.1) is 24.7 Å². The van der Waals surface area contributed by atoms with Crippen molar-refractivity contribution in [2.24, 2.45) is 0 Å². The number of hydrogen-bond donors (Lipinski definition) is 0. The molecule has 0 spiro atoms. The van der Waals surface area contributed by atoms with Gasteiger partial charge in [-0.2, -0.15) is 0 Å². The fraction of sp³-hybridized carbons (Fsp3) is 0.333. The number of rotatable bonds is 3. The summed E-state index contributed by atoms with van der Waals surface area (Å²) in [6.45, 7) is 9.61. The summed E-state index contributed by atoms with van der Waals surface area (Å²) in [5.74, 6) is 5.10. The lowest BCUT2D eigenvalue weighted by atomic mass is 10.1. The van der Waals surface area contributed by atoms with Crippen LogP contribution in [0.1, 0.15) is 47.8 Å². The van der Waals surface area contributed by atoms with Crippen LogP contribution in [0.5, 0.6) is 0 Å². The third-order valence-electron chi connectivity index (χ3n) is 4.71. The highest BCUT2D eigenvalue weighted by molar-refractivity contribution is 5.75.